The molecule has 0 spiro atoms. The Kier molecular flexibility index (Phi) is 5.03. The molecule has 5 heteroatoms. The molecule has 25 heavy (non-hydrogen) atoms. The molecule has 1 heterocycles. The number of nitrogens with one attached hydrogen (secondary N) is 2. The summed E-state index contributed by atoms with van der Waals surface area (Å²) in [5.74, 6) is -0.110. The first-order valence-corrected chi connectivity index (χ1v) is 8.52. The van der Waals surface area contributed by atoms with Crippen LogP contribution in [0.1, 0.15) is 36.6 Å². The molecule has 1 atom stereocenters. The number of anilines is 1. The Labute approximate surface area is 148 Å². The predicted octanol–water partition coefficient (Wildman–Crippen LogP) is 3.47. The summed E-state index contributed by atoms with van der Waals surface area (Å²) in [4.78, 5) is 25.6. The van der Waals surface area contributed by atoms with Gasteiger partial charge in [0.05, 0.1) is 6.04 Å². The third-order valence-corrected chi connectivity index (χ3v) is 4.46. The fourth-order valence-electron chi connectivity index (χ4n) is 3.12. The largest absolute Gasteiger partial charge is 0.331 e. The van der Waals surface area contributed by atoms with Gasteiger partial charge in [-0.05, 0) is 42.2 Å². The minimum absolute atomic E-state index is 0.0630. The third-order valence-electron chi connectivity index (χ3n) is 4.46. The van der Waals surface area contributed by atoms with Crippen LogP contribution in [0.4, 0.5) is 10.5 Å². The van der Waals surface area contributed by atoms with Crippen LogP contribution in [0.3, 0.4) is 0 Å². The van der Waals surface area contributed by atoms with Gasteiger partial charge >= 0.3 is 6.03 Å². The summed E-state index contributed by atoms with van der Waals surface area (Å²) in [6, 6.07) is 15.6. The highest BCUT2D eigenvalue weighted by Crippen LogP contribution is 2.21. The SMILES string of the molecule is CC(=O)Nc1cccc(C(C)NC(=O)N2CCc3ccccc3C2)c1. The van der Waals surface area contributed by atoms with Crippen LogP contribution in [0.5, 0.6) is 0 Å². The molecule has 0 saturated heterocycles. The minimum atomic E-state index is -0.140. The Bertz CT molecular complexity index is 788. The molecule has 0 saturated carbocycles. The van der Waals surface area contributed by atoms with Crippen LogP contribution in [-0.4, -0.2) is 23.4 Å². The lowest BCUT2D eigenvalue weighted by Gasteiger charge is -2.30. The normalized spacial score (nSPS) is 14.4. The zero-order valence-electron chi connectivity index (χ0n) is 14.6. The predicted molar refractivity (Wildman–Crippen MR) is 98.2 cm³/mol. The van der Waals surface area contributed by atoms with Crippen LogP contribution in [0.25, 0.3) is 0 Å². The Balaban J connectivity index is 1.64. The van der Waals surface area contributed by atoms with E-state index in [4.69, 9.17) is 0 Å². The fourth-order valence-corrected chi connectivity index (χ4v) is 3.12. The van der Waals surface area contributed by atoms with Crippen molar-refractivity contribution in [3.8, 4) is 0 Å². The van der Waals surface area contributed by atoms with Crippen molar-refractivity contribution < 1.29 is 9.59 Å². The second-order valence-corrected chi connectivity index (χ2v) is 6.42. The van der Waals surface area contributed by atoms with Gasteiger partial charge in [0.15, 0.2) is 0 Å². The summed E-state index contributed by atoms with van der Waals surface area (Å²) >= 11 is 0. The molecule has 1 aliphatic heterocycles. The fraction of sp³-hybridized carbons (Fsp3) is 0.300. The maximum atomic E-state index is 12.6. The van der Waals surface area contributed by atoms with E-state index in [1.54, 1.807) is 0 Å². The van der Waals surface area contributed by atoms with E-state index in [0.29, 0.717) is 6.54 Å². The lowest BCUT2D eigenvalue weighted by Crippen LogP contribution is -2.43. The highest BCUT2D eigenvalue weighted by atomic mass is 16.2. The summed E-state index contributed by atoms with van der Waals surface area (Å²) in [5, 5.41) is 5.82. The number of carbonyl (C=O) groups excluding carboxylic acids is 2. The molecule has 0 aliphatic carbocycles. The number of amides is 3. The summed E-state index contributed by atoms with van der Waals surface area (Å²) < 4.78 is 0. The first kappa shape index (κ1) is 17.0. The van der Waals surface area contributed by atoms with Gasteiger partial charge in [0.2, 0.25) is 5.91 Å². The van der Waals surface area contributed by atoms with Crippen molar-refractivity contribution in [1.82, 2.24) is 10.2 Å². The van der Waals surface area contributed by atoms with Crippen molar-refractivity contribution in [2.75, 3.05) is 11.9 Å². The van der Waals surface area contributed by atoms with Gasteiger partial charge in [0, 0.05) is 25.7 Å². The topological polar surface area (TPSA) is 61.4 Å². The third kappa shape index (κ3) is 4.18. The zero-order valence-corrected chi connectivity index (χ0v) is 14.6. The molecule has 0 aromatic heterocycles. The lowest BCUT2D eigenvalue weighted by atomic mass is 10.0. The van der Waals surface area contributed by atoms with Gasteiger partial charge in [-0.15, -0.1) is 0 Å². The minimum Gasteiger partial charge on any atom is -0.331 e. The smallest absolute Gasteiger partial charge is 0.318 e. The van der Waals surface area contributed by atoms with E-state index in [9.17, 15) is 9.59 Å². The number of nitrogens with zero attached hydrogens (tertiary/aromatic N) is 1. The molecule has 5 nitrogen and oxygen atoms in total. The van der Waals surface area contributed by atoms with E-state index in [1.165, 1.54) is 18.1 Å². The first-order valence-electron chi connectivity index (χ1n) is 8.52. The van der Waals surface area contributed by atoms with Crippen LogP contribution in [0.2, 0.25) is 0 Å². The van der Waals surface area contributed by atoms with E-state index >= 15 is 0 Å². The molecule has 2 aromatic rings. The Morgan fingerprint density at radius 3 is 2.60 bits per heavy atom. The molecule has 1 aliphatic rings. The molecule has 2 aromatic carbocycles. The molecule has 0 bridgehead atoms. The van der Waals surface area contributed by atoms with E-state index in [1.807, 2.05) is 48.2 Å². The van der Waals surface area contributed by atoms with Crippen LogP contribution in [-0.2, 0) is 17.8 Å². The number of carbonyl (C=O) groups is 2. The molecule has 130 valence electrons. The second-order valence-electron chi connectivity index (χ2n) is 6.42. The molecular weight excluding hydrogens is 314 g/mol. The maximum Gasteiger partial charge on any atom is 0.318 e. The van der Waals surface area contributed by atoms with E-state index < -0.39 is 0 Å². The Hall–Kier alpha value is -2.82. The zero-order chi connectivity index (χ0) is 17.8. The van der Waals surface area contributed by atoms with Gasteiger partial charge in [-0.2, -0.15) is 0 Å². The van der Waals surface area contributed by atoms with Gasteiger partial charge in [0.25, 0.3) is 0 Å². The van der Waals surface area contributed by atoms with Gasteiger partial charge in [-0.1, -0.05) is 36.4 Å². The van der Waals surface area contributed by atoms with Crippen LogP contribution in [0, 0.1) is 0 Å². The summed E-state index contributed by atoms with van der Waals surface area (Å²) in [7, 11) is 0. The van der Waals surface area contributed by atoms with E-state index in [-0.39, 0.29) is 18.0 Å². The standard InChI is InChI=1S/C20H23N3O2/c1-14(17-8-5-9-19(12-17)22-15(2)24)21-20(25)23-11-10-16-6-3-4-7-18(16)13-23/h3-9,12,14H,10-11,13H2,1-2H3,(H,21,25)(H,22,24). The van der Waals surface area contributed by atoms with Crippen LogP contribution < -0.4 is 10.6 Å². The molecule has 0 fully saturated rings. The number of benzene rings is 2. The van der Waals surface area contributed by atoms with Crippen molar-refractivity contribution in [2.45, 2.75) is 32.9 Å². The highest BCUT2D eigenvalue weighted by molar-refractivity contribution is 5.88. The quantitative estimate of drug-likeness (QED) is 0.901. The molecule has 3 rings (SSSR count). The monoisotopic (exact) mass is 337 g/mol. The molecule has 0 radical (unpaired) electrons. The number of urea groups is 1. The van der Waals surface area contributed by atoms with Crippen molar-refractivity contribution in [1.29, 1.82) is 0 Å². The van der Waals surface area contributed by atoms with Crippen molar-refractivity contribution >= 4 is 17.6 Å². The number of hydrogen-bond acceptors (Lipinski definition) is 2. The van der Waals surface area contributed by atoms with Gasteiger partial charge in [0.1, 0.15) is 0 Å². The molecule has 1 unspecified atom stereocenters. The van der Waals surface area contributed by atoms with Crippen LogP contribution >= 0.6 is 0 Å². The van der Waals surface area contributed by atoms with Gasteiger partial charge in [-0.25, -0.2) is 4.79 Å². The Morgan fingerprint density at radius 2 is 1.84 bits per heavy atom. The summed E-state index contributed by atoms with van der Waals surface area (Å²) in [5.41, 5.74) is 4.22. The number of rotatable bonds is 3. The first-order chi connectivity index (χ1) is 12.0. The van der Waals surface area contributed by atoms with E-state index in [0.717, 1.165) is 24.2 Å². The van der Waals surface area contributed by atoms with Crippen molar-refractivity contribution in [3.63, 3.8) is 0 Å². The lowest BCUT2D eigenvalue weighted by molar-refractivity contribution is -0.114. The maximum absolute atomic E-state index is 12.6. The Morgan fingerprint density at radius 1 is 1.08 bits per heavy atom. The summed E-state index contributed by atoms with van der Waals surface area (Å²) in [6.45, 7) is 4.79. The molecule has 2 N–H and O–H groups in total. The van der Waals surface area contributed by atoms with Gasteiger partial charge < -0.3 is 15.5 Å². The molecule has 3 amide bonds. The number of fused-ring (bicyclic) bond motifs is 1. The van der Waals surface area contributed by atoms with Crippen molar-refractivity contribution in [3.05, 3.63) is 65.2 Å². The average Bonchev–Trinajstić information content (AvgIpc) is 2.61. The molecular formula is C20H23N3O2. The van der Waals surface area contributed by atoms with Crippen molar-refractivity contribution in [2.24, 2.45) is 0 Å². The second kappa shape index (κ2) is 7.38. The number of hydrogen-bond donors (Lipinski definition) is 2. The highest BCUT2D eigenvalue weighted by Gasteiger charge is 2.21. The summed E-state index contributed by atoms with van der Waals surface area (Å²) in [6.07, 6.45) is 0.885. The van der Waals surface area contributed by atoms with E-state index in [2.05, 4.69) is 22.8 Å². The van der Waals surface area contributed by atoms with Gasteiger partial charge in [-0.3, -0.25) is 4.79 Å². The average molecular weight is 337 g/mol. The van der Waals surface area contributed by atoms with Crippen LogP contribution in [0.15, 0.2) is 48.5 Å².